The van der Waals surface area contributed by atoms with E-state index in [4.69, 9.17) is 19.6 Å². The number of benzene rings is 1. The van der Waals surface area contributed by atoms with Crippen LogP contribution in [0.5, 0.6) is 5.75 Å². The van der Waals surface area contributed by atoms with E-state index in [0.29, 0.717) is 75.8 Å². The smallest absolute Gasteiger partial charge is 0.333 e. The number of aromatic nitrogens is 5. The van der Waals surface area contributed by atoms with Crippen molar-refractivity contribution in [2.45, 2.75) is 19.6 Å². The third kappa shape index (κ3) is 5.05. The molecule has 0 atom stereocenters. The Bertz CT molecular complexity index is 1800. The molecule has 6 rings (SSSR count). The van der Waals surface area contributed by atoms with Crippen LogP contribution < -0.4 is 4.74 Å². The Morgan fingerprint density at radius 3 is 2.81 bits per heavy atom. The summed E-state index contributed by atoms with van der Waals surface area (Å²) in [4.78, 5) is 19.0. The van der Waals surface area contributed by atoms with Crippen LogP contribution in [0, 0.1) is 5.82 Å². The molecule has 42 heavy (non-hydrogen) atoms. The van der Waals surface area contributed by atoms with Gasteiger partial charge in [0, 0.05) is 52.7 Å². The maximum absolute atomic E-state index is 14.4. The Morgan fingerprint density at radius 1 is 1.19 bits per heavy atom. The van der Waals surface area contributed by atoms with Gasteiger partial charge >= 0.3 is 6.55 Å². The number of halogens is 3. The van der Waals surface area contributed by atoms with E-state index in [1.54, 1.807) is 18.1 Å². The summed E-state index contributed by atoms with van der Waals surface area (Å²) in [6, 6.07) is 8.01. The maximum atomic E-state index is 14.4. The lowest BCUT2D eigenvalue weighted by Gasteiger charge is -2.26. The Labute approximate surface area is 242 Å². The number of rotatable bonds is 9. The van der Waals surface area contributed by atoms with Gasteiger partial charge in [-0.15, -0.1) is 11.3 Å². The summed E-state index contributed by atoms with van der Waals surface area (Å²) in [5.41, 5.74) is 3.88. The van der Waals surface area contributed by atoms with Crippen LogP contribution in [-0.2, 0) is 22.6 Å². The largest absolute Gasteiger partial charge is 0.490 e. The normalized spacial score (nSPS) is 13.1. The van der Waals surface area contributed by atoms with E-state index in [9.17, 15) is 18.0 Å². The molecular weight excluding hydrogens is 569 g/mol. The first-order valence-corrected chi connectivity index (χ1v) is 13.9. The van der Waals surface area contributed by atoms with Crippen molar-refractivity contribution in [3.63, 3.8) is 0 Å². The SMILES string of the molecule is C=CC(=O)N1CCn2nc(-c3nc(-c4cnn(C(F)F)c4)c4ccsc4c3-c3ccc(F)cc3OCCOC)cc2C1. The first-order chi connectivity index (χ1) is 20.4. The monoisotopic (exact) mass is 594 g/mol. The Balaban J connectivity index is 1.58. The zero-order chi connectivity index (χ0) is 29.4. The Morgan fingerprint density at radius 2 is 2.05 bits per heavy atom. The highest BCUT2D eigenvalue weighted by molar-refractivity contribution is 7.18. The summed E-state index contributed by atoms with van der Waals surface area (Å²) in [6.45, 7) is 2.56. The zero-order valence-electron chi connectivity index (χ0n) is 22.5. The second-order valence-electron chi connectivity index (χ2n) is 9.52. The number of hydrogen-bond acceptors (Lipinski definition) is 7. The molecule has 1 aliphatic heterocycles. The summed E-state index contributed by atoms with van der Waals surface area (Å²) in [7, 11) is 1.55. The second kappa shape index (κ2) is 11.4. The highest BCUT2D eigenvalue weighted by Gasteiger charge is 2.27. The fourth-order valence-electron chi connectivity index (χ4n) is 5.00. The van der Waals surface area contributed by atoms with Gasteiger partial charge in [0.15, 0.2) is 0 Å². The number of ether oxygens (including phenoxy) is 2. The van der Waals surface area contributed by atoms with Gasteiger partial charge in [-0.2, -0.15) is 19.0 Å². The van der Waals surface area contributed by atoms with Crippen LogP contribution in [0.4, 0.5) is 13.2 Å². The molecule has 1 aliphatic rings. The average Bonchev–Trinajstić information content (AvgIpc) is 3.76. The lowest BCUT2D eigenvalue weighted by molar-refractivity contribution is -0.127. The van der Waals surface area contributed by atoms with Crippen molar-refractivity contribution in [3.8, 4) is 39.5 Å². The van der Waals surface area contributed by atoms with Crippen molar-refractivity contribution in [2.24, 2.45) is 0 Å². The molecule has 0 bridgehead atoms. The van der Waals surface area contributed by atoms with Crippen LogP contribution in [0.2, 0.25) is 0 Å². The van der Waals surface area contributed by atoms with Crippen LogP contribution in [0.1, 0.15) is 12.2 Å². The van der Waals surface area contributed by atoms with Gasteiger partial charge in [-0.05, 0) is 35.7 Å². The first kappa shape index (κ1) is 27.7. The quantitative estimate of drug-likeness (QED) is 0.159. The second-order valence-corrected chi connectivity index (χ2v) is 10.4. The van der Waals surface area contributed by atoms with E-state index in [1.807, 2.05) is 22.2 Å². The van der Waals surface area contributed by atoms with Crippen molar-refractivity contribution in [2.75, 3.05) is 26.9 Å². The van der Waals surface area contributed by atoms with E-state index >= 15 is 0 Å². The predicted molar refractivity (Wildman–Crippen MR) is 152 cm³/mol. The minimum absolute atomic E-state index is 0.176. The first-order valence-electron chi connectivity index (χ1n) is 13.0. The molecule has 0 fully saturated rings. The summed E-state index contributed by atoms with van der Waals surface area (Å²) in [6.07, 6.45) is 3.88. The molecule has 0 radical (unpaired) electrons. The molecule has 4 aromatic heterocycles. The van der Waals surface area contributed by atoms with E-state index in [-0.39, 0.29) is 12.5 Å². The molecule has 0 N–H and O–H groups in total. The number of hydrogen-bond donors (Lipinski definition) is 0. The molecule has 0 saturated carbocycles. The number of nitrogens with zero attached hydrogens (tertiary/aromatic N) is 6. The van der Waals surface area contributed by atoms with Crippen molar-refractivity contribution in [3.05, 3.63) is 72.3 Å². The summed E-state index contributed by atoms with van der Waals surface area (Å²) in [5.74, 6) is -0.344. The van der Waals surface area contributed by atoms with Gasteiger partial charge in [-0.25, -0.2) is 14.1 Å². The molecular formula is C29H25F3N6O3S. The van der Waals surface area contributed by atoms with Gasteiger partial charge in [0.05, 0.1) is 37.3 Å². The molecule has 0 spiro atoms. The molecule has 216 valence electrons. The average molecular weight is 595 g/mol. The number of carbonyl (C=O) groups is 1. The summed E-state index contributed by atoms with van der Waals surface area (Å²) in [5, 5.41) is 11.2. The molecule has 0 saturated heterocycles. The molecule has 5 aromatic rings. The lowest BCUT2D eigenvalue weighted by atomic mass is 9.97. The van der Waals surface area contributed by atoms with Crippen molar-refractivity contribution >= 4 is 27.3 Å². The molecule has 5 heterocycles. The fourth-order valence-corrected chi connectivity index (χ4v) is 5.96. The molecule has 9 nitrogen and oxygen atoms in total. The van der Waals surface area contributed by atoms with Crippen molar-refractivity contribution in [1.82, 2.24) is 29.4 Å². The van der Waals surface area contributed by atoms with Crippen molar-refractivity contribution in [1.29, 1.82) is 0 Å². The molecule has 13 heteroatoms. The molecule has 0 aliphatic carbocycles. The van der Waals surface area contributed by atoms with Crippen LogP contribution in [-0.4, -0.2) is 62.2 Å². The number of thiophene rings is 1. The number of alkyl halides is 2. The minimum Gasteiger partial charge on any atom is -0.490 e. The van der Waals surface area contributed by atoms with Crippen LogP contribution in [0.15, 0.2) is 60.8 Å². The van der Waals surface area contributed by atoms with E-state index in [2.05, 4.69) is 11.7 Å². The predicted octanol–water partition coefficient (Wildman–Crippen LogP) is 5.78. The fraction of sp³-hybridized carbons (Fsp3) is 0.241. The van der Waals surface area contributed by atoms with Gasteiger partial charge in [0.25, 0.3) is 0 Å². The third-order valence-corrected chi connectivity index (χ3v) is 7.90. The number of carbonyl (C=O) groups excluding carboxylic acids is 1. The number of amides is 1. The number of pyridine rings is 1. The van der Waals surface area contributed by atoms with Crippen LogP contribution >= 0.6 is 11.3 Å². The van der Waals surface area contributed by atoms with Gasteiger partial charge in [-0.3, -0.25) is 9.48 Å². The van der Waals surface area contributed by atoms with Crippen LogP contribution in [0.25, 0.3) is 43.9 Å². The standard InChI is InChI=1S/C29H25F3N6O3S/c1-3-24(39)36-7-8-37-19(16-36)13-22(35-37)27-25(20-5-4-18(30)12-23(20)41-10-9-40-2)28-21(6-11-42-28)26(34-27)17-14-33-38(15-17)29(31)32/h3-6,11-15,29H,1,7-10,16H2,2H3. The Hall–Kier alpha value is -4.49. The Kier molecular flexibility index (Phi) is 7.52. The van der Waals surface area contributed by atoms with Gasteiger partial charge < -0.3 is 14.4 Å². The number of fused-ring (bicyclic) bond motifs is 2. The van der Waals surface area contributed by atoms with Gasteiger partial charge in [0.1, 0.15) is 29.6 Å². The lowest BCUT2D eigenvalue weighted by Crippen LogP contribution is -2.37. The van der Waals surface area contributed by atoms with Crippen LogP contribution in [0.3, 0.4) is 0 Å². The summed E-state index contributed by atoms with van der Waals surface area (Å²) >= 11 is 1.44. The highest BCUT2D eigenvalue weighted by Crippen LogP contribution is 2.46. The van der Waals surface area contributed by atoms with Crippen molar-refractivity contribution < 1.29 is 27.4 Å². The van der Waals surface area contributed by atoms with Gasteiger partial charge in [-0.1, -0.05) is 6.58 Å². The molecule has 1 aromatic carbocycles. The topological polar surface area (TPSA) is 87.3 Å². The third-order valence-electron chi connectivity index (χ3n) is 6.97. The van der Waals surface area contributed by atoms with E-state index in [0.717, 1.165) is 10.4 Å². The molecule has 0 unspecified atom stereocenters. The minimum atomic E-state index is -2.80. The van der Waals surface area contributed by atoms with E-state index in [1.165, 1.54) is 41.9 Å². The molecule has 1 amide bonds. The number of methoxy groups -OCH3 is 1. The van der Waals surface area contributed by atoms with E-state index < -0.39 is 12.4 Å². The van der Waals surface area contributed by atoms with Gasteiger partial charge in [0.2, 0.25) is 5.91 Å². The maximum Gasteiger partial charge on any atom is 0.333 e. The highest BCUT2D eigenvalue weighted by atomic mass is 32.1. The zero-order valence-corrected chi connectivity index (χ0v) is 23.3. The summed E-state index contributed by atoms with van der Waals surface area (Å²) < 4.78 is 55.5.